The van der Waals surface area contributed by atoms with Crippen molar-refractivity contribution in [3.05, 3.63) is 24.0 Å². The van der Waals surface area contributed by atoms with Gasteiger partial charge in [-0.15, -0.1) is 0 Å². The lowest BCUT2D eigenvalue weighted by Gasteiger charge is -2.46. The molecule has 0 bridgehead atoms. The van der Waals surface area contributed by atoms with Gasteiger partial charge in [0.2, 0.25) is 11.9 Å². The minimum atomic E-state index is 0.0787. The number of aromatic nitrogens is 2. The van der Waals surface area contributed by atoms with Gasteiger partial charge in [-0.2, -0.15) is 0 Å². The average Bonchev–Trinajstić information content (AvgIpc) is 2.53. The SMILES string of the molecule is CN(C)c1ncc(C=CC(=O)N2CC(N3CCCCC3)C2)cn1. The molecule has 6 nitrogen and oxygen atoms in total. The molecule has 3 heterocycles. The molecule has 0 unspecified atom stereocenters. The Bertz CT molecular complexity index is 557. The molecule has 1 amide bonds. The van der Waals surface area contributed by atoms with E-state index < -0.39 is 0 Å². The number of piperidine rings is 1. The summed E-state index contributed by atoms with van der Waals surface area (Å²) in [4.78, 5) is 26.9. The molecular weight excluding hydrogens is 290 g/mol. The van der Waals surface area contributed by atoms with Crippen LogP contribution in [0.2, 0.25) is 0 Å². The fourth-order valence-electron chi connectivity index (χ4n) is 3.07. The normalized spacial score (nSPS) is 19.8. The summed E-state index contributed by atoms with van der Waals surface area (Å²) in [6.07, 6.45) is 10.8. The van der Waals surface area contributed by atoms with Crippen molar-refractivity contribution in [1.29, 1.82) is 0 Å². The van der Waals surface area contributed by atoms with Crippen LogP contribution in [0.25, 0.3) is 6.08 Å². The van der Waals surface area contributed by atoms with Crippen LogP contribution >= 0.6 is 0 Å². The molecule has 6 heteroatoms. The second-order valence-electron chi connectivity index (χ2n) is 6.54. The fraction of sp³-hybridized carbons (Fsp3) is 0.588. The average molecular weight is 315 g/mol. The Morgan fingerprint density at radius 3 is 2.43 bits per heavy atom. The molecule has 1 aromatic heterocycles. The number of hydrogen-bond acceptors (Lipinski definition) is 5. The summed E-state index contributed by atoms with van der Waals surface area (Å²) in [6, 6.07) is 0.565. The third-order valence-electron chi connectivity index (χ3n) is 4.56. The predicted octanol–water partition coefficient (Wildman–Crippen LogP) is 1.25. The van der Waals surface area contributed by atoms with Crippen LogP contribution in [0.1, 0.15) is 24.8 Å². The Kier molecular flexibility index (Phi) is 4.91. The van der Waals surface area contributed by atoms with Crippen molar-refractivity contribution < 1.29 is 4.79 Å². The van der Waals surface area contributed by atoms with Crippen LogP contribution in [0.3, 0.4) is 0 Å². The molecule has 2 fully saturated rings. The summed E-state index contributed by atoms with van der Waals surface area (Å²) in [5.41, 5.74) is 0.844. The number of nitrogens with zero attached hydrogens (tertiary/aromatic N) is 5. The van der Waals surface area contributed by atoms with Crippen molar-refractivity contribution in [3.8, 4) is 0 Å². The summed E-state index contributed by atoms with van der Waals surface area (Å²) in [5, 5.41) is 0. The number of rotatable bonds is 4. The largest absolute Gasteiger partial charge is 0.347 e. The minimum Gasteiger partial charge on any atom is -0.347 e. The van der Waals surface area contributed by atoms with E-state index in [0.29, 0.717) is 12.0 Å². The van der Waals surface area contributed by atoms with Crippen LogP contribution < -0.4 is 4.90 Å². The fourth-order valence-corrected chi connectivity index (χ4v) is 3.07. The van der Waals surface area contributed by atoms with Crippen molar-refractivity contribution in [2.24, 2.45) is 0 Å². The number of amides is 1. The Balaban J connectivity index is 1.48. The van der Waals surface area contributed by atoms with Crippen molar-refractivity contribution in [1.82, 2.24) is 19.8 Å². The van der Waals surface area contributed by atoms with Gasteiger partial charge in [0.05, 0.1) is 0 Å². The molecule has 0 spiro atoms. The summed E-state index contributed by atoms with van der Waals surface area (Å²) in [7, 11) is 3.80. The molecule has 0 saturated carbocycles. The van der Waals surface area contributed by atoms with E-state index in [-0.39, 0.29) is 5.91 Å². The predicted molar refractivity (Wildman–Crippen MR) is 91.2 cm³/mol. The van der Waals surface area contributed by atoms with E-state index in [2.05, 4.69) is 14.9 Å². The first-order chi connectivity index (χ1) is 11.1. The molecular formula is C17H25N5O. The molecule has 0 radical (unpaired) electrons. The highest BCUT2D eigenvalue weighted by atomic mass is 16.2. The maximum absolute atomic E-state index is 12.2. The Hall–Kier alpha value is -1.95. The minimum absolute atomic E-state index is 0.0787. The molecule has 0 atom stereocenters. The molecule has 2 saturated heterocycles. The van der Waals surface area contributed by atoms with Gasteiger partial charge in [0.1, 0.15) is 0 Å². The summed E-state index contributed by atoms with van der Waals surface area (Å²) in [5.74, 6) is 0.746. The van der Waals surface area contributed by atoms with Gasteiger partial charge in [-0.1, -0.05) is 6.42 Å². The van der Waals surface area contributed by atoms with Crippen LogP contribution in [-0.2, 0) is 4.79 Å². The van der Waals surface area contributed by atoms with Crippen molar-refractivity contribution in [3.63, 3.8) is 0 Å². The summed E-state index contributed by atoms with van der Waals surface area (Å²) < 4.78 is 0. The molecule has 3 rings (SSSR count). The highest BCUT2D eigenvalue weighted by Gasteiger charge is 2.34. The van der Waals surface area contributed by atoms with Crippen LogP contribution in [-0.4, -0.2) is 72.0 Å². The highest BCUT2D eigenvalue weighted by molar-refractivity contribution is 5.92. The zero-order valence-corrected chi connectivity index (χ0v) is 14.0. The van der Waals surface area contributed by atoms with E-state index in [1.54, 1.807) is 24.5 Å². The van der Waals surface area contributed by atoms with Crippen LogP contribution in [0, 0.1) is 0 Å². The van der Waals surface area contributed by atoms with E-state index >= 15 is 0 Å². The smallest absolute Gasteiger partial charge is 0.246 e. The molecule has 0 aliphatic carbocycles. The molecule has 2 aliphatic heterocycles. The zero-order chi connectivity index (χ0) is 16.2. The number of carbonyl (C=O) groups is 1. The van der Waals surface area contributed by atoms with Gasteiger partial charge in [-0.3, -0.25) is 9.69 Å². The van der Waals surface area contributed by atoms with Crippen LogP contribution in [0.15, 0.2) is 18.5 Å². The van der Waals surface area contributed by atoms with Gasteiger partial charge < -0.3 is 9.80 Å². The second kappa shape index (κ2) is 7.08. The Morgan fingerprint density at radius 2 is 1.83 bits per heavy atom. The third kappa shape index (κ3) is 3.88. The molecule has 1 aromatic rings. The van der Waals surface area contributed by atoms with Gasteiger partial charge >= 0.3 is 0 Å². The highest BCUT2D eigenvalue weighted by Crippen LogP contribution is 2.20. The van der Waals surface area contributed by atoms with Gasteiger partial charge in [0.25, 0.3) is 0 Å². The van der Waals surface area contributed by atoms with Crippen LogP contribution in [0.4, 0.5) is 5.95 Å². The van der Waals surface area contributed by atoms with Gasteiger partial charge in [0, 0.05) is 57.3 Å². The van der Waals surface area contributed by atoms with E-state index in [0.717, 1.165) is 18.7 Å². The molecule has 23 heavy (non-hydrogen) atoms. The first-order valence-corrected chi connectivity index (χ1v) is 8.34. The molecule has 2 aliphatic rings. The van der Waals surface area contributed by atoms with Gasteiger partial charge in [0.15, 0.2) is 0 Å². The summed E-state index contributed by atoms with van der Waals surface area (Å²) >= 11 is 0. The topological polar surface area (TPSA) is 52.6 Å². The quantitative estimate of drug-likeness (QED) is 0.783. The van der Waals surface area contributed by atoms with Gasteiger partial charge in [-0.25, -0.2) is 9.97 Å². The third-order valence-corrected chi connectivity index (χ3v) is 4.56. The van der Waals surface area contributed by atoms with E-state index in [1.807, 2.05) is 23.9 Å². The number of anilines is 1. The van der Waals surface area contributed by atoms with E-state index in [9.17, 15) is 4.79 Å². The lowest BCUT2D eigenvalue weighted by Crippen LogP contribution is -2.61. The number of hydrogen-bond donors (Lipinski definition) is 0. The first kappa shape index (κ1) is 15.9. The summed E-state index contributed by atoms with van der Waals surface area (Å²) in [6.45, 7) is 4.11. The monoisotopic (exact) mass is 315 g/mol. The lowest BCUT2D eigenvalue weighted by molar-refractivity contribution is -0.133. The lowest BCUT2D eigenvalue weighted by atomic mass is 10.0. The van der Waals surface area contributed by atoms with Crippen molar-refractivity contribution in [2.75, 3.05) is 45.2 Å². The van der Waals surface area contributed by atoms with Crippen LogP contribution in [0.5, 0.6) is 0 Å². The van der Waals surface area contributed by atoms with Crippen molar-refractivity contribution >= 4 is 17.9 Å². The molecule has 0 aromatic carbocycles. The van der Waals surface area contributed by atoms with E-state index in [1.165, 1.54) is 32.4 Å². The standard InChI is InChI=1S/C17H25N5O/c1-20(2)17-18-10-14(11-19-17)6-7-16(23)22-12-15(13-22)21-8-4-3-5-9-21/h6-7,10-11,15H,3-5,8-9,12-13H2,1-2H3. The second-order valence-corrected chi connectivity index (χ2v) is 6.54. The maximum Gasteiger partial charge on any atom is 0.246 e. The Labute approximate surface area is 137 Å². The zero-order valence-electron chi connectivity index (χ0n) is 14.0. The van der Waals surface area contributed by atoms with Gasteiger partial charge in [-0.05, 0) is 32.0 Å². The van der Waals surface area contributed by atoms with Crippen molar-refractivity contribution in [2.45, 2.75) is 25.3 Å². The number of likely N-dealkylation sites (tertiary alicyclic amines) is 2. The van der Waals surface area contributed by atoms with E-state index in [4.69, 9.17) is 0 Å². The Morgan fingerprint density at radius 1 is 1.17 bits per heavy atom. The number of carbonyl (C=O) groups excluding carboxylic acids is 1. The molecule has 0 N–H and O–H groups in total. The molecule has 124 valence electrons. The maximum atomic E-state index is 12.2. The first-order valence-electron chi connectivity index (χ1n) is 8.34.